The van der Waals surface area contributed by atoms with Crippen LogP contribution in [0, 0.1) is 5.92 Å². The van der Waals surface area contributed by atoms with Crippen LogP contribution < -0.4 is 0 Å². The average Bonchev–Trinajstić information content (AvgIpc) is 3.26. The van der Waals surface area contributed by atoms with Crippen molar-refractivity contribution >= 4 is 5.78 Å². The van der Waals surface area contributed by atoms with Gasteiger partial charge in [-0.3, -0.25) is 9.28 Å². The molecule has 3 fully saturated rings. The molecule has 0 aromatic carbocycles. The summed E-state index contributed by atoms with van der Waals surface area (Å²) in [5.41, 5.74) is 0.194. The summed E-state index contributed by atoms with van der Waals surface area (Å²) in [6.45, 7) is 11.8. The van der Waals surface area contributed by atoms with Crippen molar-refractivity contribution in [3.63, 3.8) is 0 Å². The lowest BCUT2D eigenvalue weighted by Crippen LogP contribution is -2.66. The molecular formula is C17H30NO4+. The van der Waals surface area contributed by atoms with E-state index in [1.54, 1.807) is 14.0 Å². The van der Waals surface area contributed by atoms with E-state index in [0.717, 1.165) is 30.3 Å². The van der Waals surface area contributed by atoms with Gasteiger partial charge in [-0.15, -0.1) is 0 Å². The Morgan fingerprint density at radius 1 is 1.09 bits per heavy atom. The van der Waals surface area contributed by atoms with Crippen molar-refractivity contribution in [1.82, 2.24) is 0 Å². The number of carbonyl (C=O) groups is 1. The van der Waals surface area contributed by atoms with Crippen molar-refractivity contribution in [3.05, 3.63) is 0 Å². The molecule has 0 aromatic rings. The summed E-state index contributed by atoms with van der Waals surface area (Å²) in [7, 11) is 1.81. The Labute approximate surface area is 133 Å². The number of rotatable bonds is 5. The van der Waals surface area contributed by atoms with E-state index in [1.807, 2.05) is 0 Å². The number of nitrogens with zero attached hydrogens (tertiary/aromatic N) is 1. The van der Waals surface area contributed by atoms with Crippen LogP contribution in [0.25, 0.3) is 0 Å². The summed E-state index contributed by atoms with van der Waals surface area (Å²) in [6.07, 6.45) is 3.23. The highest BCUT2D eigenvalue weighted by atomic mass is 17.2. The van der Waals surface area contributed by atoms with Crippen LogP contribution in [0.4, 0.5) is 0 Å². The number of hydrogen-bond donors (Lipinski definition) is 0. The first-order chi connectivity index (χ1) is 10.1. The van der Waals surface area contributed by atoms with Crippen LogP contribution in [-0.2, 0) is 19.3 Å². The molecule has 5 heteroatoms. The predicted molar refractivity (Wildman–Crippen MR) is 81.9 cm³/mol. The highest BCUT2D eigenvalue weighted by Crippen LogP contribution is 2.56. The Bertz CT molecular complexity index is 455. The summed E-state index contributed by atoms with van der Waals surface area (Å²) in [5.74, 6) is 0.252. The first-order valence-corrected chi connectivity index (χ1v) is 8.38. The minimum Gasteiger partial charge on any atom is -0.381 e. The number of ketones is 1. The van der Waals surface area contributed by atoms with Gasteiger partial charge in [-0.05, 0) is 41.0 Å². The fraction of sp³-hybridized carbons (Fsp3) is 0.941. The van der Waals surface area contributed by atoms with Gasteiger partial charge in [0.05, 0.1) is 17.2 Å². The summed E-state index contributed by atoms with van der Waals surface area (Å²) < 4.78 is 6.58. The summed E-state index contributed by atoms with van der Waals surface area (Å²) in [6, 6.07) is 0. The molecule has 3 unspecified atom stereocenters. The second-order valence-corrected chi connectivity index (χ2v) is 8.58. The molecule has 1 aliphatic carbocycles. The molecule has 0 amide bonds. The van der Waals surface area contributed by atoms with E-state index < -0.39 is 0 Å². The van der Waals surface area contributed by atoms with Crippen LogP contribution in [0.5, 0.6) is 0 Å². The Morgan fingerprint density at radius 3 is 2.14 bits per heavy atom. The molecule has 126 valence electrons. The third-order valence-electron chi connectivity index (χ3n) is 6.29. The van der Waals surface area contributed by atoms with Gasteiger partial charge in [-0.25, -0.2) is 4.89 Å². The molecule has 3 atom stereocenters. The number of hydrogen-bond acceptors (Lipinski definition) is 4. The fourth-order valence-electron chi connectivity index (χ4n) is 4.92. The Hall–Kier alpha value is -0.490. The second kappa shape index (κ2) is 5.00. The Kier molecular flexibility index (Phi) is 3.72. The summed E-state index contributed by atoms with van der Waals surface area (Å²) >= 11 is 0. The third kappa shape index (κ3) is 2.33. The van der Waals surface area contributed by atoms with E-state index in [-0.39, 0.29) is 35.1 Å². The molecule has 2 aliphatic heterocycles. The standard InChI is InChI=1S/C17H30NO4/c1-11(19)13-7-14(13)21-22-15-10-18(15)16(2,3)8-12(20-6)9-17(18,4)5/h12-15H,7-10H2,1-6H3/q+1. The molecule has 0 N–H and O–H groups in total. The van der Waals surface area contributed by atoms with Crippen molar-refractivity contribution in [2.75, 3.05) is 13.7 Å². The maximum absolute atomic E-state index is 11.3. The zero-order valence-corrected chi connectivity index (χ0v) is 14.7. The summed E-state index contributed by atoms with van der Waals surface area (Å²) in [5, 5.41) is 0. The highest BCUT2D eigenvalue weighted by molar-refractivity contribution is 5.81. The molecule has 0 aromatic heterocycles. The zero-order valence-electron chi connectivity index (χ0n) is 14.7. The van der Waals surface area contributed by atoms with Crippen molar-refractivity contribution < 1.29 is 23.8 Å². The van der Waals surface area contributed by atoms with E-state index in [4.69, 9.17) is 14.5 Å². The Morgan fingerprint density at radius 2 is 1.68 bits per heavy atom. The molecule has 2 saturated heterocycles. The molecule has 2 heterocycles. The molecule has 0 bridgehead atoms. The molecule has 22 heavy (non-hydrogen) atoms. The molecule has 3 aliphatic rings. The number of Topliss-reactive ketones (excluding diaryl/α,β-unsaturated/α-hetero) is 1. The lowest BCUT2D eigenvalue weighted by Gasteiger charge is -2.53. The van der Waals surface area contributed by atoms with Crippen molar-refractivity contribution in [2.24, 2.45) is 5.92 Å². The molecule has 5 nitrogen and oxygen atoms in total. The van der Waals surface area contributed by atoms with Gasteiger partial charge in [0.25, 0.3) is 6.23 Å². The number of quaternary nitrogens is 1. The van der Waals surface area contributed by atoms with Crippen LogP contribution in [-0.4, -0.2) is 53.4 Å². The van der Waals surface area contributed by atoms with Gasteiger partial charge in [0.15, 0.2) is 6.54 Å². The van der Waals surface area contributed by atoms with Gasteiger partial charge < -0.3 is 4.74 Å². The number of methoxy groups -OCH3 is 1. The third-order valence-corrected chi connectivity index (χ3v) is 6.29. The quantitative estimate of drug-likeness (QED) is 0.338. The maximum Gasteiger partial charge on any atom is 0.274 e. The van der Waals surface area contributed by atoms with Crippen LogP contribution in [0.1, 0.15) is 53.9 Å². The van der Waals surface area contributed by atoms with E-state index in [1.165, 1.54) is 0 Å². The van der Waals surface area contributed by atoms with Crippen molar-refractivity contribution in [1.29, 1.82) is 0 Å². The lowest BCUT2D eigenvalue weighted by atomic mass is 9.77. The van der Waals surface area contributed by atoms with E-state index >= 15 is 0 Å². The fourth-order valence-corrected chi connectivity index (χ4v) is 4.92. The molecular weight excluding hydrogens is 282 g/mol. The SMILES string of the molecule is COC1CC(C)(C)[N+]2(CC2OOC2CC2C(C)=O)C(C)(C)C1. The zero-order chi connectivity index (χ0) is 16.3. The first kappa shape index (κ1) is 16.4. The van der Waals surface area contributed by atoms with Gasteiger partial charge in [-0.1, -0.05) is 0 Å². The van der Waals surface area contributed by atoms with Gasteiger partial charge in [0, 0.05) is 25.9 Å². The smallest absolute Gasteiger partial charge is 0.274 e. The maximum atomic E-state index is 11.3. The number of piperidine rings is 1. The van der Waals surface area contributed by atoms with Gasteiger partial charge >= 0.3 is 0 Å². The molecule has 0 radical (unpaired) electrons. The topological polar surface area (TPSA) is 44.8 Å². The lowest BCUT2D eigenvalue weighted by molar-refractivity contribution is -0.938. The van der Waals surface area contributed by atoms with Crippen molar-refractivity contribution in [2.45, 2.75) is 83.4 Å². The van der Waals surface area contributed by atoms with E-state index in [0.29, 0.717) is 6.10 Å². The second-order valence-electron chi connectivity index (χ2n) is 8.58. The molecule has 1 spiro atoms. The summed E-state index contributed by atoms with van der Waals surface area (Å²) in [4.78, 5) is 22.6. The molecule has 3 rings (SSSR count). The minimum atomic E-state index is -0.0270. The normalized spacial score (nSPS) is 38.0. The number of carbonyl (C=O) groups excluding carboxylic acids is 1. The number of ether oxygens (including phenoxy) is 1. The van der Waals surface area contributed by atoms with Gasteiger partial charge in [-0.2, -0.15) is 4.89 Å². The van der Waals surface area contributed by atoms with Crippen molar-refractivity contribution in [3.8, 4) is 0 Å². The Balaban J connectivity index is 1.65. The monoisotopic (exact) mass is 312 g/mol. The largest absolute Gasteiger partial charge is 0.381 e. The van der Waals surface area contributed by atoms with Gasteiger partial charge in [0.1, 0.15) is 11.9 Å². The van der Waals surface area contributed by atoms with Crippen LogP contribution in [0.2, 0.25) is 0 Å². The predicted octanol–water partition coefficient (Wildman–Crippen LogP) is 2.43. The van der Waals surface area contributed by atoms with E-state index in [2.05, 4.69) is 27.7 Å². The average molecular weight is 312 g/mol. The first-order valence-electron chi connectivity index (χ1n) is 8.38. The van der Waals surface area contributed by atoms with Crippen LogP contribution in [0.15, 0.2) is 0 Å². The van der Waals surface area contributed by atoms with Gasteiger partial charge in [0.2, 0.25) is 0 Å². The highest BCUT2D eigenvalue weighted by Gasteiger charge is 2.75. The van der Waals surface area contributed by atoms with E-state index in [9.17, 15) is 4.79 Å². The minimum absolute atomic E-state index is 0.0270. The molecule has 1 saturated carbocycles. The van der Waals surface area contributed by atoms with Crippen LogP contribution in [0.3, 0.4) is 0 Å². The van der Waals surface area contributed by atoms with Crippen LogP contribution >= 0.6 is 0 Å².